The zero-order chi connectivity index (χ0) is 26.7. The Balaban J connectivity index is 0. The van der Waals surface area contributed by atoms with E-state index >= 15 is 0 Å². The Labute approximate surface area is 225 Å². The highest BCUT2D eigenvalue weighted by Crippen LogP contribution is 2.09. The van der Waals surface area contributed by atoms with Crippen molar-refractivity contribution in [1.82, 2.24) is 44.9 Å². The lowest BCUT2D eigenvalue weighted by molar-refractivity contribution is 0.186. The Bertz CT molecular complexity index is 801. The van der Waals surface area contributed by atoms with E-state index < -0.39 is 0 Å². The second-order valence-electron chi connectivity index (χ2n) is 4.74. The number of rotatable bonds is 2. The van der Waals surface area contributed by atoms with Crippen molar-refractivity contribution < 1.29 is 10.2 Å². The first kappa shape index (κ1) is 34.6. The highest BCUT2D eigenvalue weighted by molar-refractivity contribution is 6.33. The number of aryl methyl sites for hydroxylation is 2. The van der Waals surface area contributed by atoms with Gasteiger partial charge in [-0.05, 0) is 90.5 Å². The van der Waals surface area contributed by atoms with Gasteiger partial charge in [0.2, 0.25) is 37.6 Å². The molecule has 5 N–H and O–H groups in total. The molecular formula is C15H21Cl6N11O2. The smallest absolute Gasteiger partial charge is 0.227 e. The molecule has 0 saturated heterocycles. The molecule has 0 fully saturated rings. The molecule has 0 atom stereocenters. The number of aromatic nitrogens is 9. The normalized spacial score (nSPS) is 8.97. The topological polar surface area (TPSA) is 195 Å². The first-order valence-corrected chi connectivity index (χ1v) is 10.9. The van der Waals surface area contributed by atoms with Gasteiger partial charge in [-0.25, -0.2) is 15.0 Å². The molecule has 3 aromatic heterocycles. The van der Waals surface area contributed by atoms with Gasteiger partial charge in [0, 0.05) is 7.05 Å². The van der Waals surface area contributed by atoms with Crippen LogP contribution in [-0.4, -0.2) is 82.4 Å². The van der Waals surface area contributed by atoms with E-state index in [2.05, 4.69) is 55.9 Å². The van der Waals surface area contributed by atoms with Crippen molar-refractivity contribution in [3.63, 3.8) is 0 Å². The number of aliphatic hydroxyl groups is 2. The lowest BCUT2D eigenvalue weighted by Crippen LogP contribution is -1.99. The van der Waals surface area contributed by atoms with Crippen LogP contribution in [0.2, 0.25) is 31.7 Å². The summed E-state index contributed by atoms with van der Waals surface area (Å²) in [5.41, 5.74) is 4.50. The van der Waals surface area contributed by atoms with E-state index in [1.165, 1.54) is 7.05 Å². The van der Waals surface area contributed by atoms with Gasteiger partial charge < -0.3 is 21.3 Å². The molecule has 0 unspecified atom stereocenters. The summed E-state index contributed by atoms with van der Waals surface area (Å²) < 4.78 is 0. The van der Waals surface area contributed by atoms with Gasteiger partial charge in [-0.1, -0.05) is 0 Å². The number of aliphatic hydroxyl groups excluding tert-OH is 2. The van der Waals surface area contributed by atoms with Crippen LogP contribution in [0.3, 0.4) is 0 Å². The SMILES string of the molecule is CN.CNc1nc(C)nc(Cl)n1.Cc1nc(Cl)nc(Cl)n1.Clc1nc(Cl)nc(Cl)n1.OCCO. The first-order valence-electron chi connectivity index (χ1n) is 8.62. The van der Waals surface area contributed by atoms with Crippen LogP contribution in [0.4, 0.5) is 5.95 Å². The molecule has 190 valence electrons. The Morgan fingerprint density at radius 2 is 0.824 bits per heavy atom. The van der Waals surface area contributed by atoms with E-state index in [9.17, 15) is 0 Å². The van der Waals surface area contributed by atoms with Crippen LogP contribution in [-0.2, 0) is 0 Å². The second kappa shape index (κ2) is 20.8. The molecule has 0 aliphatic heterocycles. The summed E-state index contributed by atoms with van der Waals surface area (Å²) in [7, 11) is 3.23. The van der Waals surface area contributed by atoms with E-state index in [0.717, 1.165) is 0 Å². The van der Waals surface area contributed by atoms with Crippen molar-refractivity contribution in [3.8, 4) is 0 Å². The molecule has 0 aliphatic carbocycles. The maximum atomic E-state index is 7.62. The third-order valence-electron chi connectivity index (χ3n) is 2.29. The fraction of sp³-hybridized carbons (Fsp3) is 0.400. The zero-order valence-electron chi connectivity index (χ0n) is 18.2. The molecule has 34 heavy (non-hydrogen) atoms. The first-order chi connectivity index (χ1) is 16.0. The summed E-state index contributed by atoms with van der Waals surface area (Å²) in [6.45, 7) is 3.20. The molecule has 0 aliphatic rings. The highest BCUT2D eigenvalue weighted by atomic mass is 35.5. The predicted octanol–water partition coefficient (Wildman–Crippen LogP) is 2.74. The molecular weight excluding hydrogens is 579 g/mol. The van der Waals surface area contributed by atoms with Crippen LogP contribution in [0.15, 0.2) is 0 Å². The largest absolute Gasteiger partial charge is 0.394 e. The van der Waals surface area contributed by atoms with Gasteiger partial charge in [0.1, 0.15) is 11.6 Å². The van der Waals surface area contributed by atoms with Crippen LogP contribution in [0.1, 0.15) is 11.6 Å². The number of nitrogens with zero attached hydrogens (tertiary/aromatic N) is 9. The summed E-state index contributed by atoms with van der Waals surface area (Å²) >= 11 is 32.3. The summed E-state index contributed by atoms with van der Waals surface area (Å²) in [6.07, 6.45) is 0. The van der Waals surface area contributed by atoms with Gasteiger partial charge in [0.05, 0.1) is 13.2 Å². The minimum absolute atomic E-state index is 0.000000000000000444. The van der Waals surface area contributed by atoms with Crippen molar-refractivity contribution in [2.75, 3.05) is 32.6 Å². The number of hydrogen-bond donors (Lipinski definition) is 4. The van der Waals surface area contributed by atoms with Gasteiger partial charge >= 0.3 is 0 Å². The van der Waals surface area contributed by atoms with Gasteiger partial charge in [-0.3, -0.25) is 0 Å². The lowest BCUT2D eigenvalue weighted by atomic mass is 10.7. The molecule has 0 saturated carbocycles. The van der Waals surface area contributed by atoms with Crippen molar-refractivity contribution in [1.29, 1.82) is 0 Å². The van der Waals surface area contributed by atoms with E-state index in [1.807, 2.05) is 0 Å². The van der Waals surface area contributed by atoms with Gasteiger partial charge in [0.15, 0.2) is 0 Å². The molecule has 3 heterocycles. The Morgan fingerprint density at radius 1 is 0.559 bits per heavy atom. The summed E-state index contributed by atoms with van der Waals surface area (Å²) in [6, 6.07) is 0. The fourth-order valence-corrected chi connectivity index (χ4v) is 2.54. The average molecular weight is 600 g/mol. The number of hydrogen-bond acceptors (Lipinski definition) is 13. The van der Waals surface area contributed by atoms with E-state index in [1.54, 1.807) is 20.9 Å². The van der Waals surface area contributed by atoms with Crippen LogP contribution in [0, 0.1) is 13.8 Å². The van der Waals surface area contributed by atoms with Crippen molar-refractivity contribution in [2.45, 2.75) is 13.8 Å². The molecule has 3 aromatic rings. The van der Waals surface area contributed by atoms with Crippen LogP contribution < -0.4 is 11.1 Å². The van der Waals surface area contributed by atoms with Crippen LogP contribution in [0.5, 0.6) is 0 Å². The molecule has 0 spiro atoms. The number of halogens is 6. The van der Waals surface area contributed by atoms with Crippen LogP contribution in [0.25, 0.3) is 0 Å². The molecule has 13 nitrogen and oxygen atoms in total. The number of anilines is 1. The molecule has 0 amide bonds. The van der Waals surface area contributed by atoms with Gasteiger partial charge in [0.25, 0.3) is 0 Å². The Morgan fingerprint density at radius 3 is 1.06 bits per heavy atom. The monoisotopic (exact) mass is 597 g/mol. The molecule has 3 rings (SSSR count). The van der Waals surface area contributed by atoms with E-state index in [-0.39, 0.29) is 44.9 Å². The quantitative estimate of drug-likeness (QED) is 0.336. The van der Waals surface area contributed by atoms with E-state index in [0.29, 0.717) is 17.6 Å². The van der Waals surface area contributed by atoms with Crippen molar-refractivity contribution >= 4 is 75.6 Å². The molecule has 19 heteroatoms. The van der Waals surface area contributed by atoms with Crippen molar-refractivity contribution in [3.05, 3.63) is 43.4 Å². The predicted molar refractivity (Wildman–Crippen MR) is 133 cm³/mol. The van der Waals surface area contributed by atoms with Gasteiger partial charge in [-0.2, -0.15) is 29.9 Å². The lowest BCUT2D eigenvalue weighted by Gasteiger charge is -1.97. The fourth-order valence-electron chi connectivity index (χ4n) is 1.28. The summed E-state index contributed by atoms with van der Waals surface area (Å²) in [5, 5.41) is 18.5. The zero-order valence-corrected chi connectivity index (χ0v) is 22.7. The second-order valence-corrected chi connectivity index (χ2v) is 6.76. The Hall–Kier alpha value is -1.55. The third kappa shape index (κ3) is 18.8. The maximum absolute atomic E-state index is 7.62. The minimum Gasteiger partial charge on any atom is -0.394 e. The Kier molecular flexibility index (Phi) is 21.2. The molecule has 0 radical (unpaired) electrons. The minimum atomic E-state index is -0.125. The number of nitrogens with one attached hydrogen (secondary N) is 1. The van der Waals surface area contributed by atoms with Crippen molar-refractivity contribution in [2.24, 2.45) is 5.73 Å². The average Bonchev–Trinajstić information content (AvgIpc) is 2.73. The summed E-state index contributed by atoms with van der Waals surface area (Å²) in [5.74, 6) is 1.64. The van der Waals surface area contributed by atoms with Gasteiger partial charge in [-0.15, -0.1) is 0 Å². The highest BCUT2D eigenvalue weighted by Gasteiger charge is 1.98. The third-order valence-corrected chi connectivity index (χ3v) is 3.30. The standard InChI is InChI=1S/C5H7ClN4.C4H3Cl2N3.C3Cl3N3.C2H6O2.CH5N/c1-3-8-4(6)10-5(7-2)9-3;1-2-7-3(5)9-4(6)8-2;4-1-7-2(5)9-3(6)8-1;3-1-2-4;1-2/h1-2H3,(H,7,8,9,10);1H3;;3-4H,1-2H2;2H2,1H3. The number of nitrogens with two attached hydrogens (primary N) is 1. The molecule has 0 aromatic carbocycles. The van der Waals surface area contributed by atoms with E-state index in [4.69, 9.17) is 79.8 Å². The molecule has 0 bridgehead atoms. The van der Waals surface area contributed by atoms with Crippen LogP contribution >= 0.6 is 69.6 Å². The maximum Gasteiger partial charge on any atom is 0.227 e. The summed E-state index contributed by atoms with van der Waals surface area (Å²) in [4.78, 5) is 32.8.